The van der Waals surface area contributed by atoms with Gasteiger partial charge >= 0.3 is 18.8 Å². The largest absolute Gasteiger partial charge is 0.434 e. The van der Waals surface area contributed by atoms with Crippen LogP contribution in [0.1, 0.15) is 0 Å². The second-order valence-electron chi connectivity index (χ2n) is 1.66. The molecule has 0 unspecified atom stereocenters. The molecule has 2 nitrogen and oxygen atoms in total. The normalized spacial score (nSPS) is 13.2. The number of hydrogen-bond acceptors (Lipinski definition) is 2. The van der Waals surface area contributed by atoms with Gasteiger partial charge in [-0.15, -0.1) is 0 Å². The van der Waals surface area contributed by atoms with Crippen molar-refractivity contribution >= 4 is 6.47 Å². The van der Waals surface area contributed by atoms with E-state index in [2.05, 4.69) is 4.74 Å². The predicted molar refractivity (Wildman–Crippen MR) is 22.7 cm³/mol. The summed E-state index contributed by atoms with van der Waals surface area (Å²) in [6.07, 6.45) is -15.4. The van der Waals surface area contributed by atoms with Crippen LogP contribution in [0.15, 0.2) is 0 Å². The Labute approximate surface area is 62.1 Å². The van der Waals surface area contributed by atoms with E-state index in [1.807, 2.05) is 0 Å². The monoisotopic (exact) mass is 195 g/mol. The SMILES string of the molecule is O=[C]OC(C(F)(F)F)C(F)(F)F. The van der Waals surface area contributed by atoms with E-state index in [1.165, 1.54) is 0 Å². The second-order valence-corrected chi connectivity index (χ2v) is 1.66. The summed E-state index contributed by atoms with van der Waals surface area (Å²) in [5.74, 6) is 0. The van der Waals surface area contributed by atoms with Crippen LogP contribution in [0, 0.1) is 0 Å². The molecule has 0 aliphatic heterocycles. The van der Waals surface area contributed by atoms with Crippen LogP contribution in [-0.2, 0) is 9.53 Å². The van der Waals surface area contributed by atoms with E-state index in [0.717, 1.165) is 0 Å². The van der Waals surface area contributed by atoms with Crippen molar-refractivity contribution in [1.82, 2.24) is 0 Å². The lowest BCUT2D eigenvalue weighted by atomic mass is 10.3. The van der Waals surface area contributed by atoms with Gasteiger partial charge in [0.05, 0.1) is 0 Å². The zero-order chi connectivity index (χ0) is 9.99. The zero-order valence-corrected chi connectivity index (χ0v) is 5.16. The highest BCUT2D eigenvalue weighted by molar-refractivity contribution is 5.39. The highest BCUT2D eigenvalue weighted by atomic mass is 19.4. The molecule has 71 valence electrons. The van der Waals surface area contributed by atoms with Crippen molar-refractivity contribution in [3.05, 3.63) is 0 Å². The molecule has 0 aromatic carbocycles. The molecule has 0 aromatic rings. The van der Waals surface area contributed by atoms with Crippen molar-refractivity contribution in [2.75, 3.05) is 0 Å². The molecule has 0 aliphatic rings. The predicted octanol–water partition coefficient (Wildman–Crippen LogP) is 1.56. The molecule has 0 aliphatic carbocycles. The fourth-order valence-corrected chi connectivity index (χ4v) is 0.367. The van der Waals surface area contributed by atoms with E-state index >= 15 is 0 Å². The van der Waals surface area contributed by atoms with Crippen molar-refractivity contribution in [2.24, 2.45) is 0 Å². The Hall–Kier alpha value is -0.950. The van der Waals surface area contributed by atoms with Crippen molar-refractivity contribution in [3.63, 3.8) is 0 Å². The smallest absolute Gasteiger partial charge is 0.434 e. The Kier molecular flexibility index (Phi) is 2.94. The minimum Gasteiger partial charge on any atom is -0.434 e. The van der Waals surface area contributed by atoms with E-state index < -0.39 is 18.5 Å². The Morgan fingerprint density at radius 1 is 1.00 bits per heavy atom. The molecule has 0 saturated heterocycles. The molecule has 0 rings (SSSR count). The quantitative estimate of drug-likeness (QED) is 0.625. The van der Waals surface area contributed by atoms with Crippen molar-refractivity contribution < 1.29 is 35.9 Å². The maximum atomic E-state index is 11.4. The first-order valence-electron chi connectivity index (χ1n) is 2.36. The second kappa shape index (κ2) is 3.20. The van der Waals surface area contributed by atoms with Crippen LogP contribution >= 0.6 is 0 Å². The average Bonchev–Trinajstić information content (AvgIpc) is 1.77. The first-order valence-corrected chi connectivity index (χ1v) is 2.36. The number of halogens is 6. The van der Waals surface area contributed by atoms with Crippen LogP contribution in [0.25, 0.3) is 0 Å². The van der Waals surface area contributed by atoms with Gasteiger partial charge in [-0.3, -0.25) is 0 Å². The molecule has 1 radical (unpaired) electrons. The highest BCUT2D eigenvalue weighted by Gasteiger charge is 2.59. The third-order valence-electron chi connectivity index (χ3n) is 0.761. The fraction of sp³-hybridized carbons (Fsp3) is 0.750. The Morgan fingerprint density at radius 2 is 1.33 bits per heavy atom. The maximum absolute atomic E-state index is 11.4. The molecule has 0 fully saturated rings. The topological polar surface area (TPSA) is 26.3 Å². The van der Waals surface area contributed by atoms with E-state index in [0.29, 0.717) is 0 Å². The molecule has 0 N–H and O–H groups in total. The van der Waals surface area contributed by atoms with Gasteiger partial charge in [0.15, 0.2) is 0 Å². The Bertz CT molecular complexity index is 144. The van der Waals surface area contributed by atoms with E-state index in [1.54, 1.807) is 0 Å². The van der Waals surface area contributed by atoms with Crippen LogP contribution < -0.4 is 0 Å². The molecule has 0 saturated carbocycles. The lowest BCUT2D eigenvalue weighted by Crippen LogP contribution is -2.44. The summed E-state index contributed by atoms with van der Waals surface area (Å²) >= 11 is 0. The zero-order valence-electron chi connectivity index (χ0n) is 5.16. The van der Waals surface area contributed by atoms with Gasteiger partial charge < -0.3 is 4.74 Å². The number of hydrogen-bond donors (Lipinski definition) is 0. The number of carbonyl (C=O) groups excluding carboxylic acids is 1. The maximum Gasteiger partial charge on any atom is 0.434 e. The van der Waals surface area contributed by atoms with Crippen LogP contribution in [0.4, 0.5) is 26.3 Å². The van der Waals surface area contributed by atoms with Crippen LogP contribution in [0.2, 0.25) is 0 Å². The molecular formula is C4HF6O2. The van der Waals surface area contributed by atoms with Crippen molar-refractivity contribution in [3.8, 4) is 0 Å². The van der Waals surface area contributed by atoms with Crippen molar-refractivity contribution in [1.29, 1.82) is 0 Å². The summed E-state index contributed by atoms with van der Waals surface area (Å²) in [4.78, 5) is 9.16. The Morgan fingerprint density at radius 3 is 1.42 bits per heavy atom. The van der Waals surface area contributed by atoms with E-state index in [-0.39, 0.29) is 6.47 Å². The number of alkyl halides is 6. The lowest BCUT2D eigenvalue weighted by molar-refractivity contribution is -0.303. The van der Waals surface area contributed by atoms with Gasteiger partial charge in [-0.1, -0.05) is 0 Å². The Balaban J connectivity index is 4.56. The molecule has 0 amide bonds. The summed E-state index contributed by atoms with van der Waals surface area (Å²) in [7, 11) is 0. The summed E-state index contributed by atoms with van der Waals surface area (Å²) in [5.41, 5.74) is 0. The summed E-state index contributed by atoms with van der Waals surface area (Å²) in [6, 6.07) is 0. The van der Waals surface area contributed by atoms with Gasteiger partial charge in [-0.05, 0) is 0 Å². The summed E-state index contributed by atoms with van der Waals surface area (Å²) in [6.45, 7) is 0.0909. The van der Waals surface area contributed by atoms with Crippen LogP contribution in [0.3, 0.4) is 0 Å². The average molecular weight is 195 g/mol. The van der Waals surface area contributed by atoms with Gasteiger partial charge in [0.25, 0.3) is 6.10 Å². The van der Waals surface area contributed by atoms with Crippen LogP contribution in [0.5, 0.6) is 0 Å². The van der Waals surface area contributed by atoms with Gasteiger partial charge in [0, 0.05) is 0 Å². The van der Waals surface area contributed by atoms with Crippen molar-refractivity contribution in [2.45, 2.75) is 18.5 Å². The molecule has 8 heteroatoms. The number of rotatable bonds is 2. The lowest BCUT2D eigenvalue weighted by Gasteiger charge is -2.19. The van der Waals surface area contributed by atoms with E-state index in [9.17, 15) is 26.3 Å². The third kappa shape index (κ3) is 2.97. The van der Waals surface area contributed by atoms with Gasteiger partial charge in [0.2, 0.25) is 0 Å². The molecule has 0 aromatic heterocycles. The minimum atomic E-state index is -5.66. The van der Waals surface area contributed by atoms with Gasteiger partial charge in [0.1, 0.15) is 0 Å². The minimum absolute atomic E-state index is 0.0909. The third-order valence-corrected chi connectivity index (χ3v) is 0.761. The molecule has 0 spiro atoms. The van der Waals surface area contributed by atoms with E-state index in [4.69, 9.17) is 4.79 Å². The van der Waals surface area contributed by atoms with Gasteiger partial charge in [-0.25, -0.2) is 4.79 Å². The molecule has 0 heterocycles. The van der Waals surface area contributed by atoms with Gasteiger partial charge in [-0.2, -0.15) is 26.3 Å². The molecule has 12 heavy (non-hydrogen) atoms. The molecule has 0 bridgehead atoms. The first-order chi connectivity index (χ1) is 5.19. The first kappa shape index (κ1) is 11.0. The summed E-state index contributed by atoms with van der Waals surface area (Å²) < 4.78 is 71.0. The summed E-state index contributed by atoms with van der Waals surface area (Å²) in [5, 5.41) is 0. The highest BCUT2D eigenvalue weighted by Crippen LogP contribution is 2.34. The number of ether oxygens (including phenoxy) is 1. The van der Waals surface area contributed by atoms with Crippen LogP contribution in [-0.4, -0.2) is 24.9 Å². The molecule has 0 atom stereocenters. The fourth-order valence-electron chi connectivity index (χ4n) is 0.367. The standard InChI is InChI=1S/C4HF6O2/c5-3(6,7)2(12-1-11)4(8,9)10/h2H. The molecular weight excluding hydrogens is 194 g/mol.